The predicted molar refractivity (Wildman–Crippen MR) is 54.4 cm³/mol. The van der Waals surface area contributed by atoms with Gasteiger partial charge in [-0.1, -0.05) is 30.7 Å². The standard InChI is InChI=1S/C12H13FO2/c13-8-9-3-1-4-10(7-9)12(11(14)15)5-2-6-12/h1,3-4,7H,2,5-6,8H2,(H,14,15). The minimum Gasteiger partial charge on any atom is -0.481 e. The Morgan fingerprint density at radius 1 is 1.47 bits per heavy atom. The van der Waals surface area contributed by atoms with Crippen LogP contribution >= 0.6 is 0 Å². The van der Waals surface area contributed by atoms with Crippen molar-refractivity contribution >= 4 is 5.97 Å². The van der Waals surface area contributed by atoms with Crippen LogP contribution in [0.5, 0.6) is 0 Å². The van der Waals surface area contributed by atoms with Crippen LogP contribution in [0.25, 0.3) is 0 Å². The topological polar surface area (TPSA) is 37.3 Å². The largest absolute Gasteiger partial charge is 0.481 e. The molecule has 0 bridgehead atoms. The van der Waals surface area contributed by atoms with E-state index in [2.05, 4.69) is 0 Å². The van der Waals surface area contributed by atoms with Crippen molar-refractivity contribution in [2.45, 2.75) is 31.4 Å². The monoisotopic (exact) mass is 208 g/mol. The van der Waals surface area contributed by atoms with E-state index in [0.717, 1.165) is 12.0 Å². The molecule has 0 aromatic heterocycles. The summed E-state index contributed by atoms with van der Waals surface area (Å²) in [5.74, 6) is -0.787. The number of carboxylic acid groups (broad SMARTS) is 1. The Morgan fingerprint density at radius 2 is 2.20 bits per heavy atom. The van der Waals surface area contributed by atoms with E-state index in [1.807, 2.05) is 0 Å². The zero-order valence-electron chi connectivity index (χ0n) is 8.37. The third kappa shape index (κ3) is 1.52. The van der Waals surface area contributed by atoms with E-state index < -0.39 is 18.1 Å². The molecule has 1 aromatic rings. The number of rotatable bonds is 3. The zero-order chi connectivity index (χ0) is 10.9. The number of alkyl halides is 1. The van der Waals surface area contributed by atoms with Crippen LogP contribution in [0.3, 0.4) is 0 Å². The summed E-state index contributed by atoms with van der Waals surface area (Å²) in [5, 5.41) is 9.21. The molecular weight excluding hydrogens is 195 g/mol. The molecule has 0 atom stereocenters. The molecule has 1 fully saturated rings. The molecule has 1 N–H and O–H groups in total. The van der Waals surface area contributed by atoms with Crippen molar-refractivity contribution in [3.05, 3.63) is 35.4 Å². The van der Waals surface area contributed by atoms with Crippen molar-refractivity contribution in [1.29, 1.82) is 0 Å². The lowest BCUT2D eigenvalue weighted by molar-refractivity contribution is -0.147. The summed E-state index contributed by atoms with van der Waals surface area (Å²) in [6, 6.07) is 6.87. The van der Waals surface area contributed by atoms with Gasteiger partial charge in [0.25, 0.3) is 0 Å². The summed E-state index contributed by atoms with van der Waals surface area (Å²) in [6.45, 7) is -0.538. The van der Waals surface area contributed by atoms with Crippen LogP contribution in [0.4, 0.5) is 4.39 Å². The van der Waals surface area contributed by atoms with Gasteiger partial charge in [0.1, 0.15) is 6.67 Å². The van der Waals surface area contributed by atoms with Gasteiger partial charge in [0, 0.05) is 0 Å². The van der Waals surface area contributed by atoms with Crippen LogP contribution in [0.1, 0.15) is 30.4 Å². The van der Waals surface area contributed by atoms with Gasteiger partial charge in [0.05, 0.1) is 5.41 Å². The van der Waals surface area contributed by atoms with Crippen molar-refractivity contribution < 1.29 is 14.3 Å². The Bertz CT molecular complexity index is 383. The van der Waals surface area contributed by atoms with Crippen LogP contribution < -0.4 is 0 Å². The molecule has 1 aromatic carbocycles. The van der Waals surface area contributed by atoms with Crippen molar-refractivity contribution in [1.82, 2.24) is 0 Å². The fraction of sp³-hybridized carbons (Fsp3) is 0.417. The summed E-state index contributed by atoms with van der Waals surface area (Å²) < 4.78 is 12.5. The van der Waals surface area contributed by atoms with E-state index in [4.69, 9.17) is 0 Å². The number of benzene rings is 1. The van der Waals surface area contributed by atoms with Gasteiger partial charge in [-0.05, 0) is 24.0 Å². The Labute approximate surface area is 87.7 Å². The van der Waals surface area contributed by atoms with Crippen molar-refractivity contribution in [2.24, 2.45) is 0 Å². The molecule has 0 saturated heterocycles. The normalized spacial score (nSPS) is 18.2. The van der Waals surface area contributed by atoms with Crippen molar-refractivity contribution in [2.75, 3.05) is 0 Å². The van der Waals surface area contributed by atoms with E-state index in [-0.39, 0.29) is 0 Å². The number of carbonyl (C=O) groups is 1. The van der Waals surface area contributed by atoms with Gasteiger partial charge in [-0.2, -0.15) is 0 Å². The first-order valence-electron chi connectivity index (χ1n) is 5.08. The highest BCUT2D eigenvalue weighted by Crippen LogP contribution is 2.44. The fourth-order valence-corrected chi connectivity index (χ4v) is 2.11. The molecule has 2 rings (SSSR count). The Hall–Kier alpha value is -1.38. The second-order valence-corrected chi connectivity index (χ2v) is 4.07. The summed E-state index contributed by atoms with van der Waals surface area (Å²) >= 11 is 0. The van der Waals surface area contributed by atoms with Gasteiger partial charge in [-0.3, -0.25) is 4.79 Å². The molecule has 1 aliphatic carbocycles. The van der Waals surface area contributed by atoms with Gasteiger partial charge in [-0.25, -0.2) is 4.39 Å². The highest BCUT2D eigenvalue weighted by Gasteiger charge is 2.45. The third-order valence-electron chi connectivity index (χ3n) is 3.25. The molecule has 3 heteroatoms. The van der Waals surface area contributed by atoms with Gasteiger partial charge in [0.15, 0.2) is 0 Å². The van der Waals surface area contributed by atoms with E-state index in [1.54, 1.807) is 24.3 Å². The minimum absolute atomic E-state index is 0.538. The smallest absolute Gasteiger partial charge is 0.314 e. The van der Waals surface area contributed by atoms with E-state index in [0.29, 0.717) is 18.4 Å². The first-order chi connectivity index (χ1) is 7.19. The van der Waals surface area contributed by atoms with Crippen LogP contribution in [-0.4, -0.2) is 11.1 Å². The molecular formula is C12H13FO2. The lowest BCUT2D eigenvalue weighted by Crippen LogP contribution is -2.42. The molecule has 0 radical (unpaired) electrons. The number of hydrogen-bond acceptors (Lipinski definition) is 1. The first-order valence-corrected chi connectivity index (χ1v) is 5.08. The Balaban J connectivity index is 2.38. The highest BCUT2D eigenvalue weighted by molar-refractivity contribution is 5.82. The molecule has 80 valence electrons. The summed E-state index contributed by atoms with van der Waals surface area (Å²) in [7, 11) is 0. The van der Waals surface area contributed by atoms with Gasteiger partial charge < -0.3 is 5.11 Å². The summed E-state index contributed by atoms with van der Waals surface area (Å²) in [6.07, 6.45) is 2.27. The zero-order valence-corrected chi connectivity index (χ0v) is 8.37. The number of hydrogen-bond donors (Lipinski definition) is 1. The van der Waals surface area contributed by atoms with E-state index >= 15 is 0 Å². The lowest BCUT2D eigenvalue weighted by atomic mass is 9.64. The molecule has 0 amide bonds. The quantitative estimate of drug-likeness (QED) is 0.829. The van der Waals surface area contributed by atoms with Crippen molar-refractivity contribution in [3.8, 4) is 0 Å². The average molecular weight is 208 g/mol. The van der Waals surface area contributed by atoms with Gasteiger partial charge >= 0.3 is 5.97 Å². The van der Waals surface area contributed by atoms with Crippen molar-refractivity contribution in [3.63, 3.8) is 0 Å². The second-order valence-electron chi connectivity index (χ2n) is 4.07. The fourth-order valence-electron chi connectivity index (χ4n) is 2.11. The SMILES string of the molecule is O=C(O)C1(c2cccc(CF)c2)CCC1. The second kappa shape index (κ2) is 3.65. The summed E-state index contributed by atoms with van der Waals surface area (Å²) in [5.41, 5.74) is 0.557. The van der Waals surface area contributed by atoms with Crippen LogP contribution in [0, 0.1) is 0 Å². The maximum atomic E-state index is 12.5. The molecule has 15 heavy (non-hydrogen) atoms. The van der Waals surface area contributed by atoms with Crippen LogP contribution in [0.15, 0.2) is 24.3 Å². The predicted octanol–water partition coefficient (Wildman–Crippen LogP) is 2.66. The molecule has 0 unspecified atom stereocenters. The lowest BCUT2D eigenvalue weighted by Gasteiger charge is -2.38. The maximum Gasteiger partial charge on any atom is 0.314 e. The maximum absolute atomic E-state index is 12.5. The molecule has 1 saturated carbocycles. The molecule has 2 nitrogen and oxygen atoms in total. The Morgan fingerprint density at radius 3 is 2.67 bits per heavy atom. The molecule has 0 spiro atoms. The Kier molecular flexibility index (Phi) is 2.47. The highest BCUT2D eigenvalue weighted by atomic mass is 19.1. The van der Waals surface area contributed by atoms with Crippen LogP contribution in [-0.2, 0) is 16.9 Å². The van der Waals surface area contributed by atoms with E-state index in [9.17, 15) is 14.3 Å². The average Bonchev–Trinajstić information content (AvgIpc) is 2.16. The van der Waals surface area contributed by atoms with E-state index in [1.165, 1.54) is 0 Å². The molecule has 1 aliphatic rings. The molecule has 0 aliphatic heterocycles. The number of aliphatic carboxylic acids is 1. The summed E-state index contributed by atoms with van der Waals surface area (Å²) in [4.78, 5) is 11.2. The number of halogens is 1. The first kappa shape index (κ1) is 10.1. The third-order valence-corrected chi connectivity index (χ3v) is 3.25. The van der Waals surface area contributed by atoms with Gasteiger partial charge in [-0.15, -0.1) is 0 Å². The van der Waals surface area contributed by atoms with Gasteiger partial charge in [0.2, 0.25) is 0 Å². The van der Waals surface area contributed by atoms with Crippen LogP contribution in [0.2, 0.25) is 0 Å². The minimum atomic E-state index is -0.787. The molecule has 0 heterocycles. The number of carboxylic acids is 1.